The maximum absolute atomic E-state index is 11.5. The van der Waals surface area contributed by atoms with Crippen LogP contribution in [0.5, 0.6) is 5.75 Å². The summed E-state index contributed by atoms with van der Waals surface area (Å²) in [6.07, 6.45) is -5.02. The molecule has 0 aliphatic rings. The number of fused-ring (bicyclic) bond motifs is 1. The molecule has 1 atom stereocenters. The van der Waals surface area contributed by atoms with Crippen molar-refractivity contribution in [2.24, 2.45) is 5.73 Å². The minimum absolute atomic E-state index is 0.0593. The summed E-state index contributed by atoms with van der Waals surface area (Å²) in [7, 11) is 1.50. The number of hydrogen-bond donors (Lipinski definition) is 3. The zero-order chi connectivity index (χ0) is 20.1. The number of nitrogens with two attached hydrogens (primary N) is 1. The molecule has 4 N–H and O–H groups in total. The van der Waals surface area contributed by atoms with Crippen molar-refractivity contribution < 1.29 is 42.1 Å². The Hall–Kier alpha value is -3.08. The molecule has 1 aromatic heterocycles. The number of alkyl halides is 3. The van der Waals surface area contributed by atoms with E-state index in [1.54, 1.807) is 18.2 Å². The first kappa shape index (κ1) is 21.0. The van der Waals surface area contributed by atoms with E-state index in [4.69, 9.17) is 29.9 Å². The van der Waals surface area contributed by atoms with E-state index in [0.29, 0.717) is 22.3 Å². The van der Waals surface area contributed by atoms with Gasteiger partial charge in [-0.05, 0) is 24.1 Å². The van der Waals surface area contributed by atoms with Crippen LogP contribution < -0.4 is 16.1 Å². The smallest absolute Gasteiger partial charge is 0.490 e. The van der Waals surface area contributed by atoms with Crippen LogP contribution in [0.4, 0.5) is 13.2 Å². The molecule has 0 amide bonds. The molecule has 0 aliphatic carbocycles. The second kappa shape index (κ2) is 8.34. The van der Waals surface area contributed by atoms with E-state index < -0.39 is 29.8 Å². The zero-order valence-electron chi connectivity index (χ0n) is 13.2. The number of carbonyl (C=O) groups is 2. The molecule has 2 rings (SSSR count). The average Bonchev–Trinajstić information content (AvgIpc) is 2.53. The fourth-order valence-corrected chi connectivity index (χ4v) is 1.83. The number of benzene rings is 1. The molecule has 0 saturated heterocycles. The lowest BCUT2D eigenvalue weighted by atomic mass is 10.0. The summed E-state index contributed by atoms with van der Waals surface area (Å²) < 4.78 is 41.8. The fraction of sp³-hybridized carbons (Fsp3) is 0.267. The molecule has 1 aromatic carbocycles. The molecule has 0 fully saturated rings. The van der Waals surface area contributed by atoms with Gasteiger partial charge in [0.2, 0.25) is 0 Å². The molecule has 0 bridgehead atoms. The van der Waals surface area contributed by atoms with E-state index >= 15 is 0 Å². The van der Waals surface area contributed by atoms with Gasteiger partial charge in [0.05, 0.1) is 7.11 Å². The topological polar surface area (TPSA) is 140 Å². The average molecular weight is 377 g/mol. The fourth-order valence-electron chi connectivity index (χ4n) is 1.83. The summed E-state index contributed by atoms with van der Waals surface area (Å²) in [5.41, 5.74) is 5.83. The summed E-state index contributed by atoms with van der Waals surface area (Å²) in [4.78, 5) is 31.1. The van der Waals surface area contributed by atoms with Gasteiger partial charge in [-0.15, -0.1) is 0 Å². The van der Waals surface area contributed by atoms with Gasteiger partial charge in [-0.3, -0.25) is 4.79 Å². The minimum Gasteiger partial charge on any atom is -0.497 e. The number of halogens is 3. The highest BCUT2D eigenvalue weighted by Crippen LogP contribution is 2.23. The van der Waals surface area contributed by atoms with Crippen molar-refractivity contribution in [3.63, 3.8) is 0 Å². The summed E-state index contributed by atoms with van der Waals surface area (Å²) in [6.45, 7) is 0. The van der Waals surface area contributed by atoms with E-state index in [0.717, 1.165) is 0 Å². The molecular formula is C15H14F3NO7. The van der Waals surface area contributed by atoms with E-state index in [1.807, 2.05) is 0 Å². The standard InChI is InChI=1S/C13H13NO5.C2HF3O2/c1-18-8-2-3-9-7(4-10(14)13(16)17)5-12(15)19-11(9)6-8;3-2(4,5)1(6)7/h2-3,5-6,10H,4,14H2,1H3,(H,16,17);(H,6,7)/t10-;/m1./s1. The van der Waals surface area contributed by atoms with Gasteiger partial charge < -0.3 is 25.1 Å². The normalized spacial score (nSPS) is 12.0. The first-order valence-electron chi connectivity index (χ1n) is 6.85. The van der Waals surface area contributed by atoms with Crippen LogP contribution in [-0.4, -0.2) is 41.5 Å². The SMILES string of the molecule is COc1ccc2c(C[C@@H](N)C(=O)O)cc(=O)oc2c1.O=C(O)C(F)(F)F. The quantitative estimate of drug-likeness (QED) is 0.679. The molecule has 0 aliphatic heterocycles. The van der Waals surface area contributed by atoms with Gasteiger partial charge in [-0.25, -0.2) is 9.59 Å². The Bertz CT molecular complexity index is 860. The predicted octanol–water partition coefficient (Wildman–Crippen LogP) is 1.39. The molecule has 8 nitrogen and oxygen atoms in total. The van der Waals surface area contributed by atoms with Gasteiger partial charge in [0, 0.05) is 17.5 Å². The van der Waals surface area contributed by atoms with Crippen LogP contribution in [0.15, 0.2) is 33.5 Å². The van der Waals surface area contributed by atoms with Gasteiger partial charge in [0.25, 0.3) is 0 Å². The highest BCUT2D eigenvalue weighted by molar-refractivity contribution is 5.83. The number of methoxy groups -OCH3 is 1. The molecule has 142 valence electrons. The molecule has 0 saturated carbocycles. The van der Waals surface area contributed by atoms with Gasteiger partial charge in [0.15, 0.2) is 0 Å². The number of aliphatic carboxylic acids is 2. The lowest BCUT2D eigenvalue weighted by Gasteiger charge is -2.09. The van der Waals surface area contributed by atoms with Crippen molar-refractivity contribution in [3.8, 4) is 5.75 Å². The van der Waals surface area contributed by atoms with Crippen LogP contribution >= 0.6 is 0 Å². The third-order valence-corrected chi connectivity index (χ3v) is 3.04. The van der Waals surface area contributed by atoms with E-state index in [-0.39, 0.29) is 6.42 Å². The van der Waals surface area contributed by atoms with Crippen LogP contribution in [0.1, 0.15) is 5.56 Å². The summed E-state index contributed by atoms with van der Waals surface area (Å²) in [5, 5.41) is 16.6. The van der Waals surface area contributed by atoms with Crippen LogP contribution in [-0.2, 0) is 16.0 Å². The Kier molecular flexibility index (Phi) is 6.72. The molecule has 11 heteroatoms. The van der Waals surface area contributed by atoms with Gasteiger partial charge in [-0.1, -0.05) is 0 Å². The van der Waals surface area contributed by atoms with Gasteiger partial charge in [-0.2, -0.15) is 13.2 Å². The number of rotatable bonds is 4. The lowest BCUT2D eigenvalue weighted by Crippen LogP contribution is -2.32. The number of ether oxygens (including phenoxy) is 1. The van der Waals surface area contributed by atoms with Crippen LogP contribution in [0.25, 0.3) is 11.0 Å². The summed E-state index contributed by atoms with van der Waals surface area (Å²) in [6, 6.07) is 5.19. The molecular weight excluding hydrogens is 363 g/mol. The van der Waals surface area contributed by atoms with E-state index in [1.165, 1.54) is 13.2 Å². The first-order chi connectivity index (χ1) is 12.0. The maximum Gasteiger partial charge on any atom is 0.490 e. The third-order valence-electron chi connectivity index (χ3n) is 3.04. The summed E-state index contributed by atoms with van der Waals surface area (Å²) in [5.74, 6) is -3.32. The molecule has 1 heterocycles. The van der Waals surface area contributed by atoms with Crippen LogP contribution in [0.2, 0.25) is 0 Å². The van der Waals surface area contributed by atoms with Crippen molar-refractivity contribution in [3.05, 3.63) is 40.2 Å². The zero-order valence-corrected chi connectivity index (χ0v) is 13.2. The van der Waals surface area contributed by atoms with Crippen molar-refractivity contribution in [1.82, 2.24) is 0 Å². The van der Waals surface area contributed by atoms with E-state index in [9.17, 15) is 22.8 Å². The Morgan fingerprint density at radius 1 is 1.27 bits per heavy atom. The third kappa shape index (κ3) is 5.77. The minimum atomic E-state index is -5.08. The first-order valence-corrected chi connectivity index (χ1v) is 6.85. The predicted molar refractivity (Wildman–Crippen MR) is 82.0 cm³/mol. The molecule has 0 unspecified atom stereocenters. The Morgan fingerprint density at radius 2 is 1.85 bits per heavy atom. The molecule has 0 radical (unpaired) electrons. The van der Waals surface area contributed by atoms with Crippen LogP contribution in [0.3, 0.4) is 0 Å². The summed E-state index contributed by atoms with van der Waals surface area (Å²) >= 11 is 0. The van der Waals surface area contributed by atoms with Gasteiger partial charge >= 0.3 is 23.7 Å². The van der Waals surface area contributed by atoms with Crippen molar-refractivity contribution >= 4 is 22.9 Å². The second-order valence-corrected chi connectivity index (χ2v) is 4.90. The second-order valence-electron chi connectivity index (χ2n) is 4.90. The largest absolute Gasteiger partial charge is 0.497 e. The molecule has 2 aromatic rings. The van der Waals surface area contributed by atoms with Crippen molar-refractivity contribution in [2.45, 2.75) is 18.6 Å². The Labute approximate surface area is 143 Å². The van der Waals surface area contributed by atoms with Crippen molar-refractivity contribution in [1.29, 1.82) is 0 Å². The number of carboxylic acid groups (broad SMARTS) is 2. The van der Waals surface area contributed by atoms with Crippen molar-refractivity contribution in [2.75, 3.05) is 7.11 Å². The van der Waals surface area contributed by atoms with Crippen LogP contribution in [0, 0.1) is 0 Å². The van der Waals surface area contributed by atoms with Gasteiger partial charge in [0.1, 0.15) is 17.4 Å². The lowest BCUT2D eigenvalue weighted by molar-refractivity contribution is -0.192. The van der Waals surface area contributed by atoms with E-state index in [2.05, 4.69) is 0 Å². The molecule has 0 spiro atoms. The number of carboxylic acids is 2. The Morgan fingerprint density at radius 3 is 2.31 bits per heavy atom. The highest BCUT2D eigenvalue weighted by Gasteiger charge is 2.38. The highest BCUT2D eigenvalue weighted by atomic mass is 19.4. The number of hydrogen-bond acceptors (Lipinski definition) is 6. The monoisotopic (exact) mass is 377 g/mol. The molecule has 26 heavy (non-hydrogen) atoms. The Balaban J connectivity index is 0.000000412. The maximum atomic E-state index is 11.5.